The average molecular weight is 350 g/mol. The van der Waals surface area contributed by atoms with Gasteiger partial charge in [-0.2, -0.15) is 0 Å². The molecule has 6 nitrogen and oxygen atoms in total. The summed E-state index contributed by atoms with van der Waals surface area (Å²) in [4.78, 5) is 18.1. The summed E-state index contributed by atoms with van der Waals surface area (Å²) in [6.45, 7) is 1.94. The van der Waals surface area contributed by atoms with Crippen LogP contribution in [0.3, 0.4) is 0 Å². The Labute approximate surface area is 150 Å². The molecule has 4 rings (SSSR count). The summed E-state index contributed by atoms with van der Waals surface area (Å²) < 4.78 is 4.85. The van der Waals surface area contributed by atoms with Crippen molar-refractivity contribution < 1.29 is 19.7 Å². The second-order valence-corrected chi connectivity index (χ2v) is 6.29. The van der Waals surface area contributed by atoms with E-state index in [9.17, 15) is 15.0 Å². The van der Waals surface area contributed by atoms with Gasteiger partial charge in [0.05, 0.1) is 12.6 Å². The second kappa shape index (κ2) is 6.09. The van der Waals surface area contributed by atoms with Gasteiger partial charge in [-0.05, 0) is 31.2 Å². The van der Waals surface area contributed by atoms with Crippen LogP contribution < -0.4 is 4.90 Å². The first-order valence-corrected chi connectivity index (χ1v) is 8.25. The van der Waals surface area contributed by atoms with Gasteiger partial charge in [-0.1, -0.05) is 29.8 Å². The summed E-state index contributed by atoms with van der Waals surface area (Å²) in [7, 11) is 1.27. The first kappa shape index (κ1) is 16.5. The largest absolute Gasteiger partial charge is 0.464 e. The highest BCUT2D eigenvalue weighted by Crippen LogP contribution is 2.46. The number of carbonyl (C=O) groups excluding carboxylic acids is 1. The predicted octanol–water partition coefficient (Wildman–Crippen LogP) is 2.83. The van der Waals surface area contributed by atoms with Crippen LogP contribution in [0.25, 0.3) is 10.9 Å². The van der Waals surface area contributed by atoms with E-state index >= 15 is 0 Å². The third-order valence-electron chi connectivity index (χ3n) is 4.70. The van der Waals surface area contributed by atoms with Crippen molar-refractivity contribution in [1.29, 1.82) is 0 Å². The first-order valence-electron chi connectivity index (χ1n) is 8.25. The lowest BCUT2D eigenvalue weighted by Gasteiger charge is -2.26. The molecule has 1 aliphatic heterocycles. The molecule has 2 unspecified atom stereocenters. The molecule has 0 radical (unpaired) electrons. The van der Waals surface area contributed by atoms with E-state index in [0.29, 0.717) is 22.2 Å². The van der Waals surface area contributed by atoms with Crippen molar-refractivity contribution in [1.82, 2.24) is 4.98 Å². The normalized spacial score (nSPS) is 18.8. The number of anilines is 1. The minimum Gasteiger partial charge on any atom is -0.464 e. The standard InChI is InChI=1S/C20H18N2O4/c1-11-8-9-14-13(10-11)15-16(17(21-14)20(25)26-2)19(24)22(18(15)23)12-6-4-3-5-7-12/h3-10,18-19,23-24H,1-2H3. The summed E-state index contributed by atoms with van der Waals surface area (Å²) in [5.74, 6) is -0.648. The zero-order valence-corrected chi connectivity index (χ0v) is 14.4. The highest BCUT2D eigenvalue weighted by molar-refractivity contribution is 5.96. The summed E-state index contributed by atoms with van der Waals surface area (Å²) >= 11 is 0. The van der Waals surface area contributed by atoms with Crippen molar-refractivity contribution in [3.63, 3.8) is 0 Å². The molecule has 0 spiro atoms. The molecule has 6 heteroatoms. The maximum absolute atomic E-state index is 12.3. The molecule has 2 N–H and O–H groups in total. The molecule has 2 atom stereocenters. The van der Waals surface area contributed by atoms with Crippen LogP contribution in [0.5, 0.6) is 0 Å². The summed E-state index contributed by atoms with van der Waals surface area (Å²) in [5.41, 5.74) is 2.98. The lowest BCUT2D eigenvalue weighted by molar-refractivity contribution is 0.0585. The Morgan fingerprint density at radius 1 is 1.08 bits per heavy atom. The Kier molecular flexibility index (Phi) is 3.86. The number of aryl methyl sites for hydroxylation is 1. The van der Waals surface area contributed by atoms with Crippen LogP contribution in [0.4, 0.5) is 5.69 Å². The highest BCUT2D eigenvalue weighted by Gasteiger charge is 2.42. The molecule has 2 heterocycles. The van der Waals surface area contributed by atoms with Crippen LogP contribution in [0.15, 0.2) is 48.5 Å². The monoisotopic (exact) mass is 350 g/mol. The number of pyridine rings is 1. The fourth-order valence-electron chi connectivity index (χ4n) is 3.50. The number of aliphatic hydroxyl groups excluding tert-OH is 2. The van der Waals surface area contributed by atoms with E-state index < -0.39 is 18.4 Å². The highest BCUT2D eigenvalue weighted by atomic mass is 16.5. The maximum atomic E-state index is 12.3. The number of fused-ring (bicyclic) bond motifs is 3. The van der Waals surface area contributed by atoms with E-state index in [-0.39, 0.29) is 11.3 Å². The Bertz CT molecular complexity index is 1000. The first-order chi connectivity index (χ1) is 12.5. The number of rotatable bonds is 2. The van der Waals surface area contributed by atoms with Crippen molar-refractivity contribution in [2.24, 2.45) is 0 Å². The maximum Gasteiger partial charge on any atom is 0.357 e. The van der Waals surface area contributed by atoms with Crippen LogP contribution >= 0.6 is 0 Å². The molecule has 2 aromatic carbocycles. The van der Waals surface area contributed by atoms with Crippen LogP contribution in [0.1, 0.15) is 39.6 Å². The molecule has 1 aliphatic rings. The van der Waals surface area contributed by atoms with Gasteiger partial charge in [0.15, 0.2) is 18.1 Å². The van der Waals surface area contributed by atoms with Gasteiger partial charge in [0, 0.05) is 22.2 Å². The third kappa shape index (κ3) is 2.34. The smallest absolute Gasteiger partial charge is 0.357 e. The van der Waals surface area contributed by atoms with Crippen molar-refractivity contribution in [3.05, 3.63) is 70.9 Å². The second-order valence-electron chi connectivity index (χ2n) is 6.29. The number of methoxy groups -OCH3 is 1. The molecule has 0 amide bonds. The number of carbonyl (C=O) groups is 1. The molecule has 0 aliphatic carbocycles. The van der Waals surface area contributed by atoms with E-state index in [1.54, 1.807) is 18.2 Å². The molecule has 3 aromatic rings. The fraction of sp³-hybridized carbons (Fsp3) is 0.200. The van der Waals surface area contributed by atoms with Gasteiger partial charge in [0.25, 0.3) is 0 Å². The van der Waals surface area contributed by atoms with Crippen molar-refractivity contribution in [2.75, 3.05) is 12.0 Å². The molecule has 0 saturated carbocycles. The molecule has 132 valence electrons. The summed E-state index contributed by atoms with van der Waals surface area (Å²) in [6.07, 6.45) is -2.33. The van der Waals surface area contributed by atoms with Gasteiger partial charge in [0.2, 0.25) is 0 Å². The van der Waals surface area contributed by atoms with E-state index in [2.05, 4.69) is 4.98 Å². The van der Waals surface area contributed by atoms with Gasteiger partial charge >= 0.3 is 5.97 Å². The zero-order chi connectivity index (χ0) is 18.4. The molecular formula is C20H18N2O4. The predicted molar refractivity (Wildman–Crippen MR) is 96.7 cm³/mol. The Morgan fingerprint density at radius 3 is 2.46 bits per heavy atom. The number of ether oxygens (including phenoxy) is 1. The number of nitrogens with zero attached hydrogens (tertiary/aromatic N) is 2. The van der Waals surface area contributed by atoms with Crippen LogP contribution in [-0.4, -0.2) is 28.3 Å². The molecule has 0 bridgehead atoms. The molecule has 0 fully saturated rings. The molecule has 0 saturated heterocycles. The van der Waals surface area contributed by atoms with Gasteiger partial charge in [0.1, 0.15) is 0 Å². The van der Waals surface area contributed by atoms with Crippen LogP contribution in [0.2, 0.25) is 0 Å². The van der Waals surface area contributed by atoms with E-state index in [0.717, 1.165) is 5.56 Å². The van der Waals surface area contributed by atoms with Crippen molar-refractivity contribution in [3.8, 4) is 0 Å². The van der Waals surface area contributed by atoms with E-state index in [1.807, 2.05) is 37.3 Å². The van der Waals surface area contributed by atoms with Crippen molar-refractivity contribution >= 4 is 22.6 Å². The number of aromatic nitrogens is 1. The fourth-order valence-corrected chi connectivity index (χ4v) is 3.50. The Morgan fingerprint density at radius 2 is 1.77 bits per heavy atom. The number of esters is 1. The number of hydrogen-bond acceptors (Lipinski definition) is 6. The minimum absolute atomic E-state index is 0.0174. The zero-order valence-electron chi connectivity index (χ0n) is 14.4. The summed E-state index contributed by atoms with van der Waals surface area (Å²) in [6, 6.07) is 14.6. The lowest BCUT2D eigenvalue weighted by atomic mass is 10.00. The Balaban J connectivity index is 2.02. The number of hydrogen-bond donors (Lipinski definition) is 2. The molecule has 26 heavy (non-hydrogen) atoms. The summed E-state index contributed by atoms with van der Waals surface area (Å²) in [5, 5.41) is 22.7. The number of para-hydroxylation sites is 1. The van der Waals surface area contributed by atoms with Gasteiger partial charge < -0.3 is 19.8 Å². The van der Waals surface area contributed by atoms with Gasteiger partial charge in [-0.15, -0.1) is 0 Å². The Hall–Kier alpha value is -2.96. The average Bonchev–Trinajstić information content (AvgIpc) is 2.92. The SMILES string of the molecule is COC(=O)c1nc2ccc(C)cc2c2c1C(O)N(c1ccccc1)C2O. The van der Waals surface area contributed by atoms with E-state index in [4.69, 9.17) is 4.74 Å². The number of benzene rings is 2. The van der Waals surface area contributed by atoms with Gasteiger partial charge in [-0.3, -0.25) is 0 Å². The topological polar surface area (TPSA) is 82.9 Å². The number of aliphatic hydroxyl groups is 2. The van der Waals surface area contributed by atoms with Crippen molar-refractivity contribution in [2.45, 2.75) is 19.4 Å². The van der Waals surface area contributed by atoms with Crippen LogP contribution in [-0.2, 0) is 4.74 Å². The quantitative estimate of drug-likeness (QED) is 0.692. The minimum atomic E-state index is -1.21. The van der Waals surface area contributed by atoms with Crippen LogP contribution in [0, 0.1) is 6.92 Å². The van der Waals surface area contributed by atoms with E-state index in [1.165, 1.54) is 12.0 Å². The third-order valence-corrected chi connectivity index (χ3v) is 4.70. The molecule has 1 aromatic heterocycles. The molecular weight excluding hydrogens is 332 g/mol. The van der Waals surface area contributed by atoms with Gasteiger partial charge in [-0.25, -0.2) is 9.78 Å². The lowest BCUT2D eigenvalue weighted by Crippen LogP contribution is -2.26.